The van der Waals surface area contributed by atoms with Gasteiger partial charge in [0.1, 0.15) is 0 Å². The van der Waals surface area contributed by atoms with Gasteiger partial charge in [-0.1, -0.05) is 28.1 Å². The number of hydrogen-bond acceptors (Lipinski definition) is 3. The second-order valence-corrected chi connectivity index (χ2v) is 6.10. The topological polar surface area (TPSA) is 74.8 Å². The minimum Gasteiger partial charge on any atom is -0.334 e. The molecule has 1 heterocycles. The number of sulfonamides is 1. The largest absolute Gasteiger partial charge is 0.334 e. The Balaban J connectivity index is 2.14. The molecule has 2 rings (SSSR count). The summed E-state index contributed by atoms with van der Waals surface area (Å²) < 4.78 is 26.2. The van der Waals surface area contributed by atoms with E-state index < -0.39 is 10.0 Å². The van der Waals surface area contributed by atoms with Gasteiger partial charge in [0.15, 0.2) is 5.03 Å². The van der Waals surface area contributed by atoms with Crippen LogP contribution < -0.4 is 4.72 Å². The summed E-state index contributed by atoms with van der Waals surface area (Å²) in [7, 11) is -3.57. The van der Waals surface area contributed by atoms with Crippen molar-refractivity contribution in [3.63, 3.8) is 0 Å². The second kappa shape index (κ2) is 5.53. The molecule has 0 aliphatic heterocycles. The van der Waals surface area contributed by atoms with Crippen LogP contribution in [0.5, 0.6) is 0 Å². The zero-order valence-corrected chi connectivity index (χ0v) is 11.8. The van der Waals surface area contributed by atoms with Crippen molar-refractivity contribution in [2.45, 2.75) is 11.4 Å². The van der Waals surface area contributed by atoms with Crippen LogP contribution in [0.1, 0.15) is 5.56 Å². The standard InChI is InChI=1S/C11H12BrN3O2S/c12-6-5-9-1-3-10(4-2-9)15-18(16,17)11-7-13-8-14-11/h1-4,7-8,15H,5-6H2,(H,13,14). The molecule has 0 radical (unpaired) electrons. The minimum absolute atomic E-state index is 0.0482. The Morgan fingerprint density at radius 1 is 1.28 bits per heavy atom. The van der Waals surface area contributed by atoms with Gasteiger partial charge >= 0.3 is 0 Å². The maximum Gasteiger partial charge on any atom is 0.278 e. The number of alkyl halides is 1. The first kappa shape index (κ1) is 13.1. The summed E-state index contributed by atoms with van der Waals surface area (Å²) in [4.78, 5) is 6.25. The number of H-pyrrole nitrogens is 1. The second-order valence-electron chi connectivity index (χ2n) is 3.66. The Bertz CT molecular complexity index is 594. The van der Waals surface area contributed by atoms with Gasteiger partial charge in [0.2, 0.25) is 0 Å². The van der Waals surface area contributed by atoms with Gasteiger partial charge in [-0.05, 0) is 24.1 Å². The van der Waals surface area contributed by atoms with E-state index in [2.05, 4.69) is 30.6 Å². The predicted octanol–water partition coefficient (Wildman–Crippen LogP) is 2.15. The highest BCUT2D eigenvalue weighted by Crippen LogP contribution is 2.15. The zero-order chi connectivity index (χ0) is 13.0. The quantitative estimate of drug-likeness (QED) is 0.825. The van der Waals surface area contributed by atoms with Crippen molar-refractivity contribution in [2.75, 3.05) is 10.1 Å². The van der Waals surface area contributed by atoms with Crippen LogP contribution in [0.3, 0.4) is 0 Å². The number of hydrogen-bond donors (Lipinski definition) is 2. The Morgan fingerprint density at radius 2 is 2.00 bits per heavy atom. The van der Waals surface area contributed by atoms with Crippen molar-refractivity contribution in [3.8, 4) is 0 Å². The maximum absolute atomic E-state index is 11.9. The average molecular weight is 330 g/mol. The average Bonchev–Trinajstić information content (AvgIpc) is 2.86. The molecule has 0 aliphatic rings. The lowest BCUT2D eigenvalue weighted by molar-refractivity contribution is 0.598. The Kier molecular flexibility index (Phi) is 4.03. The van der Waals surface area contributed by atoms with Gasteiger partial charge < -0.3 is 4.98 Å². The summed E-state index contributed by atoms with van der Waals surface area (Å²) in [5, 5.41) is 0.929. The number of imidazole rings is 1. The summed E-state index contributed by atoms with van der Waals surface area (Å²) in [6.07, 6.45) is 3.50. The Labute approximate surface area is 114 Å². The number of nitrogens with zero attached hydrogens (tertiary/aromatic N) is 1. The molecule has 96 valence electrons. The fraction of sp³-hybridized carbons (Fsp3) is 0.182. The van der Waals surface area contributed by atoms with Crippen LogP contribution in [-0.4, -0.2) is 23.7 Å². The molecule has 0 unspecified atom stereocenters. The number of aromatic nitrogens is 2. The Morgan fingerprint density at radius 3 is 2.56 bits per heavy atom. The van der Waals surface area contributed by atoms with Crippen LogP contribution in [-0.2, 0) is 16.4 Å². The van der Waals surface area contributed by atoms with Crippen LogP contribution in [0.2, 0.25) is 0 Å². The highest BCUT2D eigenvalue weighted by molar-refractivity contribution is 9.09. The highest BCUT2D eigenvalue weighted by atomic mass is 79.9. The molecule has 0 saturated heterocycles. The summed E-state index contributed by atoms with van der Waals surface area (Å²) in [5.74, 6) is 0. The third-order valence-corrected chi connectivity index (χ3v) is 4.06. The molecule has 7 heteroatoms. The molecule has 0 saturated carbocycles. The monoisotopic (exact) mass is 329 g/mol. The molecule has 0 atom stereocenters. The third kappa shape index (κ3) is 3.11. The van der Waals surface area contributed by atoms with Gasteiger partial charge in [-0.25, -0.2) is 4.98 Å². The number of rotatable bonds is 5. The highest BCUT2D eigenvalue weighted by Gasteiger charge is 2.15. The van der Waals surface area contributed by atoms with Crippen molar-refractivity contribution in [1.82, 2.24) is 9.97 Å². The number of aromatic amines is 1. The van der Waals surface area contributed by atoms with E-state index in [0.717, 1.165) is 17.3 Å². The molecule has 5 nitrogen and oxygen atoms in total. The third-order valence-electron chi connectivity index (χ3n) is 2.35. The van der Waals surface area contributed by atoms with Crippen LogP contribution in [0.4, 0.5) is 5.69 Å². The summed E-state index contributed by atoms with van der Waals surface area (Å²) in [6.45, 7) is 0. The molecule has 1 aromatic heterocycles. The number of aryl methyl sites for hydroxylation is 1. The molecule has 0 spiro atoms. The van der Waals surface area contributed by atoms with E-state index in [4.69, 9.17) is 0 Å². The van der Waals surface area contributed by atoms with Crippen molar-refractivity contribution in [1.29, 1.82) is 0 Å². The van der Waals surface area contributed by atoms with E-state index in [-0.39, 0.29) is 5.03 Å². The molecule has 0 amide bonds. The van der Waals surface area contributed by atoms with Crippen LogP contribution in [0.15, 0.2) is 41.8 Å². The normalized spacial score (nSPS) is 11.4. The lowest BCUT2D eigenvalue weighted by atomic mass is 10.2. The van der Waals surface area contributed by atoms with E-state index in [1.54, 1.807) is 12.1 Å². The van der Waals surface area contributed by atoms with E-state index in [1.165, 1.54) is 12.5 Å². The molecular formula is C11H12BrN3O2S. The molecule has 0 fully saturated rings. The minimum atomic E-state index is -3.57. The first-order valence-corrected chi connectivity index (χ1v) is 7.88. The van der Waals surface area contributed by atoms with Gasteiger partial charge in [-0.2, -0.15) is 8.42 Å². The SMILES string of the molecule is O=S(=O)(Nc1ccc(CCBr)cc1)c1cnc[nH]1. The molecule has 0 bridgehead atoms. The van der Waals surface area contributed by atoms with Gasteiger partial charge in [-0.15, -0.1) is 0 Å². The molecule has 1 aromatic carbocycles. The van der Waals surface area contributed by atoms with E-state index in [1.807, 2.05) is 12.1 Å². The Hall–Kier alpha value is -1.34. The molecule has 2 N–H and O–H groups in total. The predicted molar refractivity (Wildman–Crippen MR) is 73.3 cm³/mol. The smallest absolute Gasteiger partial charge is 0.278 e. The number of nitrogens with one attached hydrogen (secondary N) is 2. The van der Waals surface area contributed by atoms with Crippen LogP contribution in [0, 0.1) is 0 Å². The fourth-order valence-corrected chi connectivity index (χ4v) is 2.87. The van der Waals surface area contributed by atoms with E-state index >= 15 is 0 Å². The van der Waals surface area contributed by atoms with Gasteiger partial charge in [-0.3, -0.25) is 4.72 Å². The van der Waals surface area contributed by atoms with E-state index in [0.29, 0.717) is 5.69 Å². The zero-order valence-electron chi connectivity index (χ0n) is 9.43. The van der Waals surface area contributed by atoms with Crippen LogP contribution >= 0.6 is 15.9 Å². The van der Waals surface area contributed by atoms with Gasteiger partial charge in [0, 0.05) is 11.0 Å². The number of halogens is 1. The summed E-state index contributed by atoms with van der Waals surface area (Å²) in [6, 6.07) is 7.27. The molecule has 0 aliphatic carbocycles. The number of benzene rings is 1. The van der Waals surface area contributed by atoms with Crippen molar-refractivity contribution < 1.29 is 8.42 Å². The first-order valence-electron chi connectivity index (χ1n) is 5.28. The van der Waals surface area contributed by atoms with Crippen molar-refractivity contribution in [2.24, 2.45) is 0 Å². The number of anilines is 1. The molecule has 2 aromatic rings. The maximum atomic E-state index is 11.9. The van der Waals surface area contributed by atoms with E-state index in [9.17, 15) is 8.42 Å². The van der Waals surface area contributed by atoms with Gasteiger partial charge in [0.05, 0.1) is 12.5 Å². The summed E-state index contributed by atoms with van der Waals surface area (Å²) >= 11 is 3.36. The summed E-state index contributed by atoms with van der Waals surface area (Å²) in [5.41, 5.74) is 1.68. The lowest BCUT2D eigenvalue weighted by Crippen LogP contribution is -2.13. The fourth-order valence-electron chi connectivity index (χ4n) is 1.45. The molecular weight excluding hydrogens is 318 g/mol. The van der Waals surface area contributed by atoms with Crippen molar-refractivity contribution in [3.05, 3.63) is 42.4 Å². The van der Waals surface area contributed by atoms with Gasteiger partial charge in [0.25, 0.3) is 10.0 Å². The molecule has 18 heavy (non-hydrogen) atoms. The van der Waals surface area contributed by atoms with Crippen molar-refractivity contribution >= 4 is 31.6 Å². The van der Waals surface area contributed by atoms with Crippen LogP contribution in [0.25, 0.3) is 0 Å². The first-order chi connectivity index (χ1) is 8.62. The lowest BCUT2D eigenvalue weighted by Gasteiger charge is -2.06.